The number of para-hydroxylation sites is 2. The van der Waals surface area contributed by atoms with Gasteiger partial charge < -0.3 is 9.84 Å². The van der Waals surface area contributed by atoms with Gasteiger partial charge in [-0.2, -0.15) is 0 Å². The molecular formula is C30H22N2O4S. The van der Waals surface area contributed by atoms with Gasteiger partial charge in [0.15, 0.2) is 5.17 Å². The summed E-state index contributed by atoms with van der Waals surface area (Å²) in [5.41, 5.74) is 3.38. The predicted molar refractivity (Wildman–Crippen MR) is 147 cm³/mol. The fourth-order valence-electron chi connectivity index (χ4n) is 3.74. The van der Waals surface area contributed by atoms with Gasteiger partial charge in [0.2, 0.25) is 0 Å². The van der Waals surface area contributed by atoms with Gasteiger partial charge in [-0.3, -0.25) is 9.69 Å². The van der Waals surface area contributed by atoms with E-state index in [0.717, 1.165) is 22.5 Å². The predicted octanol–water partition coefficient (Wildman–Crippen LogP) is 6.77. The third kappa shape index (κ3) is 5.79. The minimum Gasteiger partial charge on any atom is -0.489 e. The zero-order valence-electron chi connectivity index (χ0n) is 19.7. The number of amides is 1. The van der Waals surface area contributed by atoms with Crippen LogP contribution >= 0.6 is 11.8 Å². The Morgan fingerprint density at radius 2 is 1.59 bits per heavy atom. The number of ether oxygens (including phenoxy) is 1. The summed E-state index contributed by atoms with van der Waals surface area (Å²) in [7, 11) is 0. The third-order valence-corrected chi connectivity index (χ3v) is 6.53. The van der Waals surface area contributed by atoms with E-state index in [0.29, 0.717) is 15.8 Å². The Hall–Kier alpha value is -4.62. The maximum atomic E-state index is 13.4. The van der Waals surface area contributed by atoms with Crippen LogP contribution in [0.1, 0.15) is 21.5 Å². The molecule has 1 aliphatic rings. The smallest absolute Gasteiger partial charge is 0.335 e. The highest BCUT2D eigenvalue weighted by Gasteiger charge is 2.34. The molecule has 1 heterocycles. The Kier molecular flexibility index (Phi) is 7.14. The molecule has 0 bridgehead atoms. The minimum absolute atomic E-state index is 0.135. The second-order valence-corrected chi connectivity index (χ2v) is 9.19. The van der Waals surface area contributed by atoms with E-state index in [4.69, 9.17) is 14.8 Å². The van der Waals surface area contributed by atoms with Crippen molar-refractivity contribution in [2.75, 3.05) is 4.90 Å². The number of carboxylic acids is 1. The number of rotatable bonds is 7. The summed E-state index contributed by atoms with van der Waals surface area (Å²) in [6.07, 6.45) is 1.84. The molecule has 1 saturated heterocycles. The van der Waals surface area contributed by atoms with E-state index in [9.17, 15) is 9.59 Å². The minimum atomic E-state index is -0.971. The van der Waals surface area contributed by atoms with E-state index in [1.165, 1.54) is 11.8 Å². The lowest BCUT2D eigenvalue weighted by atomic mass is 10.1. The van der Waals surface area contributed by atoms with Crippen molar-refractivity contribution >= 4 is 46.3 Å². The molecule has 4 aromatic carbocycles. The molecule has 7 heteroatoms. The second kappa shape index (κ2) is 11.0. The van der Waals surface area contributed by atoms with Crippen LogP contribution in [0.3, 0.4) is 0 Å². The van der Waals surface area contributed by atoms with Crippen LogP contribution in [0.5, 0.6) is 5.75 Å². The van der Waals surface area contributed by atoms with Crippen LogP contribution in [0.4, 0.5) is 11.4 Å². The molecule has 1 N–H and O–H groups in total. The molecule has 0 aromatic heterocycles. The average Bonchev–Trinajstić information content (AvgIpc) is 3.23. The Morgan fingerprint density at radius 3 is 2.30 bits per heavy atom. The summed E-state index contributed by atoms with van der Waals surface area (Å²) in [5, 5.41) is 9.74. The highest BCUT2D eigenvalue weighted by atomic mass is 32.2. The molecule has 1 amide bonds. The maximum absolute atomic E-state index is 13.4. The summed E-state index contributed by atoms with van der Waals surface area (Å²) in [4.78, 5) is 31.5. The van der Waals surface area contributed by atoms with E-state index in [1.54, 1.807) is 23.1 Å². The molecular weight excluding hydrogens is 484 g/mol. The quantitative estimate of drug-likeness (QED) is 0.280. The summed E-state index contributed by atoms with van der Waals surface area (Å²) < 4.78 is 5.82. The van der Waals surface area contributed by atoms with E-state index < -0.39 is 5.97 Å². The number of amidine groups is 1. The standard InChI is InChI=1S/C30H22N2O4S/c33-28-27(37-30(31-24-10-3-1-4-11-24)32(28)25-12-5-2-6-13-25)19-21-14-16-26(17-15-21)36-20-22-8-7-9-23(18-22)29(34)35/h1-19H,20H2,(H,34,35)/b27-19-,31-30?. The van der Waals surface area contributed by atoms with Crippen LogP contribution in [0.15, 0.2) is 119 Å². The van der Waals surface area contributed by atoms with Crippen LogP contribution in [0, 0.1) is 0 Å². The molecule has 0 aliphatic carbocycles. The zero-order chi connectivity index (χ0) is 25.6. The molecule has 0 radical (unpaired) electrons. The van der Waals surface area contributed by atoms with Gasteiger partial charge in [0, 0.05) is 0 Å². The van der Waals surface area contributed by atoms with Crippen molar-refractivity contribution in [3.8, 4) is 5.75 Å². The summed E-state index contributed by atoms with van der Waals surface area (Å²) in [5.74, 6) is -0.462. The summed E-state index contributed by atoms with van der Waals surface area (Å²) in [6.45, 7) is 0.251. The molecule has 1 aliphatic heterocycles. The molecule has 0 unspecified atom stereocenters. The first-order valence-electron chi connectivity index (χ1n) is 11.5. The van der Waals surface area contributed by atoms with Crippen LogP contribution in [0.2, 0.25) is 0 Å². The van der Waals surface area contributed by atoms with Gasteiger partial charge in [0.1, 0.15) is 12.4 Å². The molecule has 0 spiro atoms. The van der Waals surface area contributed by atoms with Crippen molar-refractivity contribution in [3.63, 3.8) is 0 Å². The van der Waals surface area contributed by atoms with E-state index in [2.05, 4.69) is 0 Å². The first kappa shape index (κ1) is 24.1. The second-order valence-electron chi connectivity index (χ2n) is 8.18. The number of carbonyl (C=O) groups is 2. The van der Waals surface area contributed by atoms with E-state index in [1.807, 2.05) is 97.1 Å². The van der Waals surface area contributed by atoms with Gasteiger partial charge >= 0.3 is 5.97 Å². The van der Waals surface area contributed by atoms with Crippen LogP contribution in [-0.2, 0) is 11.4 Å². The monoisotopic (exact) mass is 506 g/mol. The lowest BCUT2D eigenvalue weighted by Gasteiger charge is -2.15. The Balaban J connectivity index is 1.34. The number of aromatic carboxylic acids is 1. The SMILES string of the molecule is O=C(O)c1cccc(COc2ccc(/C=C3\SC(=Nc4ccccc4)N(c4ccccc4)C3=O)cc2)c1. The molecule has 4 aromatic rings. The number of carbonyl (C=O) groups excluding carboxylic acids is 1. The number of anilines is 1. The number of carboxylic acid groups (broad SMARTS) is 1. The number of aliphatic imine (C=N–C) groups is 1. The highest BCUT2D eigenvalue weighted by Crippen LogP contribution is 2.37. The average molecular weight is 507 g/mol. The Labute approximate surface area is 218 Å². The van der Waals surface area contributed by atoms with E-state index >= 15 is 0 Å². The maximum Gasteiger partial charge on any atom is 0.335 e. The Morgan fingerprint density at radius 1 is 0.892 bits per heavy atom. The van der Waals surface area contributed by atoms with Crippen molar-refractivity contribution < 1.29 is 19.4 Å². The van der Waals surface area contributed by atoms with Gasteiger partial charge in [-0.05, 0) is 77.5 Å². The molecule has 0 saturated carbocycles. The molecule has 6 nitrogen and oxygen atoms in total. The lowest BCUT2D eigenvalue weighted by Crippen LogP contribution is -2.28. The van der Waals surface area contributed by atoms with Gasteiger partial charge in [-0.1, -0.05) is 60.7 Å². The van der Waals surface area contributed by atoms with E-state index in [-0.39, 0.29) is 18.1 Å². The first-order chi connectivity index (χ1) is 18.1. The van der Waals surface area contributed by atoms with Crippen molar-refractivity contribution in [2.45, 2.75) is 6.61 Å². The normalized spacial score (nSPS) is 15.4. The van der Waals surface area contributed by atoms with Gasteiger partial charge in [0.05, 0.1) is 21.8 Å². The van der Waals surface area contributed by atoms with Gasteiger partial charge in [-0.25, -0.2) is 9.79 Å². The number of nitrogens with zero attached hydrogens (tertiary/aromatic N) is 2. The summed E-state index contributed by atoms with van der Waals surface area (Å²) in [6, 6.07) is 33.1. The molecule has 1 fully saturated rings. The molecule has 0 atom stereocenters. The van der Waals surface area contributed by atoms with Crippen LogP contribution in [0.25, 0.3) is 6.08 Å². The molecule has 5 rings (SSSR count). The number of hydrogen-bond acceptors (Lipinski definition) is 5. The van der Waals surface area contributed by atoms with Crippen molar-refractivity contribution in [1.82, 2.24) is 0 Å². The zero-order valence-corrected chi connectivity index (χ0v) is 20.5. The third-order valence-electron chi connectivity index (χ3n) is 5.56. The summed E-state index contributed by atoms with van der Waals surface area (Å²) >= 11 is 1.34. The fourth-order valence-corrected chi connectivity index (χ4v) is 4.74. The first-order valence-corrected chi connectivity index (χ1v) is 12.4. The highest BCUT2D eigenvalue weighted by molar-refractivity contribution is 8.19. The van der Waals surface area contributed by atoms with Gasteiger partial charge in [-0.15, -0.1) is 0 Å². The topological polar surface area (TPSA) is 79.2 Å². The Bertz CT molecular complexity index is 1480. The lowest BCUT2D eigenvalue weighted by molar-refractivity contribution is -0.113. The van der Waals surface area contributed by atoms with Crippen LogP contribution in [-0.4, -0.2) is 22.2 Å². The number of benzene rings is 4. The van der Waals surface area contributed by atoms with Crippen molar-refractivity contribution in [2.24, 2.45) is 4.99 Å². The number of thioether (sulfide) groups is 1. The van der Waals surface area contributed by atoms with Crippen molar-refractivity contribution in [3.05, 3.63) is 131 Å². The van der Waals surface area contributed by atoms with Crippen molar-refractivity contribution in [1.29, 1.82) is 0 Å². The van der Waals surface area contributed by atoms with Gasteiger partial charge in [0.25, 0.3) is 5.91 Å². The fraction of sp³-hybridized carbons (Fsp3) is 0.0333. The number of hydrogen-bond donors (Lipinski definition) is 1. The molecule has 37 heavy (non-hydrogen) atoms. The molecule has 182 valence electrons. The largest absolute Gasteiger partial charge is 0.489 e. The van der Waals surface area contributed by atoms with Crippen LogP contribution < -0.4 is 9.64 Å².